The molecule has 1 aromatic rings. The molecule has 0 spiro atoms. The van der Waals surface area contributed by atoms with Crippen LogP contribution in [-0.2, 0) is 11.2 Å². The number of carbonyl (C=O) groups is 1. The highest BCUT2D eigenvalue weighted by atomic mass is 35.5. The first kappa shape index (κ1) is 9.99. The summed E-state index contributed by atoms with van der Waals surface area (Å²) in [5, 5.41) is 8.71. The molecule has 14 heavy (non-hydrogen) atoms. The highest BCUT2D eigenvalue weighted by Crippen LogP contribution is 2.42. The Morgan fingerprint density at radius 3 is 2.93 bits per heavy atom. The molecule has 1 fully saturated rings. The van der Waals surface area contributed by atoms with Crippen LogP contribution in [0.5, 0.6) is 0 Å². The van der Waals surface area contributed by atoms with Gasteiger partial charge in [-0.25, -0.2) is 0 Å². The fourth-order valence-corrected chi connectivity index (χ4v) is 2.79. The minimum absolute atomic E-state index is 0.0783. The molecule has 1 aliphatic carbocycles. The second kappa shape index (κ2) is 3.91. The van der Waals surface area contributed by atoms with E-state index in [1.807, 2.05) is 12.1 Å². The van der Waals surface area contributed by atoms with Gasteiger partial charge in [0.15, 0.2) is 0 Å². The van der Waals surface area contributed by atoms with Gasteiger partial charge in [-0.3, -0.25) is 4.79 Å². The second-order valence-electron chi connectivity index (χ2n) is 3.69. The van der Waals surface area contributed by atoms with Crippen molar-refractivity contribution in [2.24, 2.45) is 11.8 Å². The van der Waals surface area contributed by atoms with Gasteiger partial charge in [0.1, 0.15) is 0 Å². The minimum atomic E-state index is -0.640. The molecule has 4 heteroatoms. The Labute approximate surface area is 91.5 Å². The lowest BCUT2D eigenvalue weighted by Gasteiger charge is -1.95. The number of aliphatic carboxylic acids is 1. The summed E-state index contributed by atoms with van der Waals surface area (Å²) < 4.78 is 0.811. The van der Waals surface area contributed by atoms with Gasteiger partial charge in [-0.2, -0.15) is 0 Å². The van der Waals surface area contributed by atoms with E-state index < -0.39 is 5.97 Å². The number of carboxylic acids is 1. The molecule has 2 rings (SSSR count). The summed E-state index contributed by atoms with van der Waals surface area (Å²) in [5.74, 6) is -0.321. The first-order valence-electron chi connectivity index (χ1n) is 4.64. The van der Waals surface area contributed by atoms with Crippen LogP contribution in [0.15, 0.2) is 12.1 Å². The lowest BCUT2D eigenvalue weighted by molar-refractivity contribution is -0.138. The number of rotatable bonds is 4. The molecule has 1 saturated carbocycles. The predicted octanol–water partition coefficient (Wildman–Crippen LogP) is 3.05. The van der Waals surface area contributed by atoms with Crippen LogP contribution in [0.3, 0.4) is 0 Å². The van der Waals surface area contributed by atoms with Crippen molar-refractivity contribution in [2.75, 3.05) is 0 Å². The largest absolute Gasteiger partial charge is 0.481 e. The molecular weight excluding hydrogens is 220 g/mol. The summed E-state index contributed by atoms with van der Waals surface area (Å²) >= 11 is 7.38. The SMILES string of the molecule is O=C(O)C1CC1CCc1ccc(Cl)s1. The molecule has 2 nitrogen and oxygen atoms in total. The van der Waals surface area contributed by atoms with Crippen LogP contribution >= 0.6 is 22.9 Å². The van der Waals surface area contributed by atoms with Crippen molar-refractivity contribution >= 4 is 28.9 Å². The minimum Gasteiger partial charge on any atom is -0.481 e. The van der Waals surface area contributed by atoms with Gasteiger partial charge >= 0.3 is 5.97 Å². The van der Waals surface area contributed by atoms with E-state index in [-0.39, 0.29) is 5.92 Å². The van der Waals surface area contributed by atoms with E-state index in [9.17, 15) is 4.79 Å². The van der Waals surface area contributed by atoms with Crippen LogP contribution < -0.4 is 0 Å². The molecule has 0 amide bonds. The van der Waals surface area contributed by atoms with E-state index in [4.69, 9.17) is 16.7 Å². The fourth-order valence-electron chi connectivity index (χ4n) is 1.68. The Morgan fingerprint density at radius 1 is 1.64 bits per heavy atom. The molecule has 1 N–H and O–H groups in total. The molecule has 1 aliphatic rings. The van der Waals surface area contributed by atoms with Gasteiger partial charge in [-0.1, -0.05) is 11.6 Å². The van der Waals surface area contributed by atoms with Crippen molar-refractivity contribution < 1.29 is 9.90 Å². The molecule has 0 aromatic carbocycles. The molecule has 2 atom stereocenters. The Bertz CT molecular complexity index is 348. The van der Waals surface area contributed by atoms with E-state index in [1.54, 1.807) is 11.3 Å². The molecule has 1 heterocycles. The Kier molecular flexibility index (Phi) is 2.79. The summed E-state index contributed by atoms with van der Waals surface area (Å²) in [6.45, 7) is 0. The monoisotopic (exact) mass is 230 g/mol. The molecule has 1 aromatic heterocycles. The van der Waals surface area contributed by atoms with Crippen molar-refractivity contribution in [3.8, 4) is 0 Å². The molecule has 0 radical (unpaired) electrons. The van der Waals surface area contributed by atoms with Crippen LogP contribution in [0.4, 0.5) is 0 Å². The Hall–Kier alpha value is -0.540. The quantitative estimate of drug-likeness (QED) is 0.863. The summed E-state index contributed by atoms with van der Waals surface area (Å²) in [7, 11) is 0. The summed E-state index contributed by atoms with van der Waals surface area (Å²) in [6.07, 6.45) is 2.80. The first-order valence-corrected chi connectivity index (χ1v) is 5.83. The standard InChI is InChI=1S/C10H11ClO2S/c11-9-4-3-7(14-9)2-1-6-5-8(6)10(12)13/h3-4,6,8H,1-2,5H2,(H,12,13). The van der Waals surface area contributed by atoms with Crippen molar-refractivity contribution in [1.29, 1.82) is 0 Å². The van der Waals surface area contributed by atoms with Gasteiger partial charge in [-0.05, 0) is 37.3 Å². The highest BCUT2D eigenvalue weighted by Gasteiger charge is 2.42. The van der Waals surface area contributed by atoms with E-state index in [0.29, 0.717) is 5.92 Å². The third-order valence-corrected chi connectivity index (χ3v) is 3.92. The molecule has 2 unspecified atom stereocenters. The maximum Gasteiger partial charge on any atom is 0.306 e. The normalized spacial score (nSPS) is 24.9. The second-order valence-corrected chi connectivity index (χ2v) is 5.48. The van der Waals surface area contributed by atoms with E-state index in [1.165, 1.54) is 4.88 Å². The van der Waals surface area contributed by atoms with Gasteiger partial charge < -0.3 is 5.11 Å². The van der Waals surface area contributed by atoms with Crippen LogP contribution in [0.25, 0.3) is 0 Å². The van der Waals surface area contributed by atoms with Gasteiger partial charge in [0, 0.05) is 4.88 Å². The van der Waals surface area contributed by atoms with Crippen molar-refractivity contribution in [3.05, 3.63) is 21.3 Å². The first-order chi connectivity index (χ1) is 6.66. The molecule has 0 aliphatic heterocycles. The predicted molar refractivity (Wildman–Crippen MR) is 56.9 cm³/mol. The summed E-state index contributed by atoms with van der Waals surface area (Å²) in [5.41, 5.74) is 0. The maximum absolute atomic E-state index is 10.6. The van der Waals surface area contributed by atoms with Crippen LogP contribution in [0.2, 0.25) is 4.34 Å². The zero-order valence-corrected chi connectivity index (χ0v) is 9.14. The lowest BCUT2D eigenvalue weighted by Crippen LogP contribution is -1.99. The summed E-state index contributed by atoms with van der Waals surface area (Å²) in [4.78, 5) is 11.8. The average molecular weight is 231 g/mol. The van der Waals surface area contributed by atoms with E-state index >= 15 is 0 Å². The van der Waals surface area contributed by atoms with Crippen LogP contribution in [0, 0.1) is 11.8 Å². The zero-order valence-electron chi connectivity index (χ0n) is 7.57. The van der Waals surface area contributed by atoms with Gasteiger partial charge in [0.05, 0.1) is 10.3 Å². The van der Waals surface area contributed by atoms with Crippen LogP contribution in [0.1, 0.15) is 17.7 Å². The third kappa shape index (κ3) is 2.28. The third-order valence-electron chi connectivity index (χ3n) is 2.63. The van der Waals surface area contributed by atoms with Crippen molar-refractivity contribution in [1.82, 2.24) is 0 Å². The molecular formula is C10H11ClO2S. The molecule has 76 valence electrons. The average Bonchev–Trinajstić information content (AvgIpc) is 2.80. The van der Waals surface area contributed by atoms with Gasteiger partial charge in [0.25, 0.3) is 0 Å². The number of aryl methyl sites for hydroxylation is 1. The number of thiophene rings is 1. The van der Waals surface area contributed by atoms with E-state index in [2.05, 4.69) is 0 Å². The Morgan fingerprint density at radius 2 is 2.43 bits per heavy atom. The zero-order chi connectivity index (χ0) is 10.1. The number of carboxylic acid groups (broad SMARTS) is 1. The molecule has 0 bridgehead atoms. The fraction of sp³-hybridized carbons (Fsp3) is 0.500. The molecule has 0 saturated heterocycles. The highest BCUT2D eigenvalue weighted by molar-refractivity contribution is 7.16. The van der Waals surface area contributed by atoms with Crippen LogP contribution in [-0.4, -0.2) is 11.1 Å². The summed E-state index contributed by atoms with van der Waals surface area (Å²) in [6, 6.07) is 3.91. The maximum atomic E-state index is 10.6. The van der Waals surface area contributed by atoms with Crippen molar-refractivity contribution in [2.45, 2.75) is 19.3 Å². The Balaban J connectivity index is 1.77. The van der Waals surface area contributed by atoms with Crippen molar-refractivity contribution in [3.63, 3.8) is 0 Å². The van der Waals surface area contributed by atoms with E-state index in [0.717, 1.165) is 23.6 Å². The topological polar surface area (TPSA) is 37.3 Å². The number of halogens is 1. The lowest BCUT2D eigenvalue weighted by atomic mass is 10.1. The number of hydrogen-bond acceptors (Lipinski definition) is 2. The van der Waals surface area contributed by atoms with Gasteiger partial charge in [0.2, 0.25) is 0 Å². The smallest absolute Gasteiger partial charge is 0.306 e. The number of hydrogen-bond donors (Lipinski definition) is 1. The van der Waals surface area contributed by atoms with Gasteiger partial charge in [-0.15, -0.1) is 11.3 Å².